The van der Waals surface area contributed by atoms with Crippen molar-refractivity contribution >= 4 is 21.8 Å². The predicted molar refractivity (Wildman–Crippen MR) is 59.8 cm³/mol. The van der Waals surface area contributed by atoms with Gasteiger partial charge in [0.25, 0.3) is 10.2 Å². The molecule has 0 radical (unpaired) electrons. The lowest BCUT2D eigenvalue weighted by Crippen LogP contribution is -2.37. The first-order valence-electron chi connectivity index (χ1n) is 4.62. The molecule has 0 fully saturated rings. The van der Waals surface area contributed by atoms with Crippen LogP contribution in [-0.2, 0) is 10.2 Å². The molecule has 0 spiro atoms. The Morgan fingerprint density at radius 1 is 1.07 bits per heavy atom. The summed E-state index contributed by atoms with van der Waals surface area (Å²) in [6.07, 6.45) is 2.77. The molecule has 0 aliphatic carbocycles. The summed E-state index contributed by atoms with van der Waals surface area (Å²) in [6.45, 7) is 0.553. The lowest BCUT2D eigenvalue weighted by molar-refractivity contribution is 0.409. The molecule has 0 bridgehead atoms. The maximum Gasteiger partial charge on any atom is 0.281 e. The standard InChI is InChI=1S/C8H19ClN2O2S/c1-10(2)14(12,13)11(3)8-6-4-5-7-9/h4-8H2,1-3H3. The van der Waals surface area contributed by atoms with E-state index in [1.54, 1.807) is 7.05 Å². The molecule has 0 aromatic carbocycles. The first-order valence-corrected chi connectivity index (χ1v) is 6.56. The Morgan fingerprint density at radius 3 is 2.07 bits per heavy atom. The summed E-state index contributed by atoms with van der Waals surface area (Å²) in [4.78, 5) is 0. The smallest absolute Gasteiger partial charge is 0.195 e. The monoisotopic (exact) mass is 242 g/mol. The second kappa shape index (κ2) is 6.61. The molecule has 0 amide bonds. The maximum absolute atomic E-state index is 11.5. The molecule has 0 saturated carbocycles. The number of halogens is 1. The zero-order valence-electron chi connectivity index (χ0n) is 9.03. The van der Waals surface area contributed by atoms with Crippen LogP contribution in [0.5, 0.6) is 0 Å². The lowest BCUT2D eigenvalue weighted by atomic mass is 10.2. The van der Waals surface area contributed by atoms with E-state index in [0.29, 0.717) is 12.4 Å². The van der Waals surface area contributed by atoms with E-state index in [2.05, 4.69) is 0 Å². The molecule has 14 heavy (non-hydrogen) atoms. The van der Waals surface area contributed by atoms with Crippen LogP contribution in [0.25, 0.3) is 0 Å². The van der Waals surface area contributed by atoms with Crippen molar-refractivity contribution in [2.24, 2.45) is 0 Å². The number of unbranched alkanes of at least 4 members (excludes halogenated alkanes) is 2. The van der Waals surface area contributed by atoms with Gasteiger partial charge in [-0.1, -0.05) is 6.42 Å². The fraction of sp³-hybridized carbons (Fsp3) is 1.00. The number of hydrogen-bond acceptors (Lipinski definition) is 2. The highest BCUT2D eigenvalue weighted by Gasteiger charge is 2.19. The molecule has 6 heteroatoms. The highest BCUT2D eigenvalue weighted by Crippen LogP contribution is 2.04. The molecule has 86 valence electrons. The van der Waals surface area contributed by atoms with E-state index in [4.69, 9.17) is 11.6 Å². The molecular weight excluding hydrogens is 224 g/mol. The summed E-state index contributed by atoms with van der Waals surface area (Å²) in [6, 6.07) is 0. The van der Waals surface area contributed by atoms with Gasteiger partial charge in [-0.15, -0.1) is 11.6 Å². The van der Waals surface area contributed by atoms with Crippen molar-refractivity contribution in [2.75, 3.05) is 33.6 Å². The Labute approximate surface area is 92.0 Å². The SMILES string of the molecule is CN(C)S(=O)(=O)N(C)CCCCCCl. The van der Waals surface area contributed by atoms with Crippen molar-refractivity contribution in [2.45, 2.75) is 19.3 Å². The van der Waals surface area contributed by atoms with Crippen molar-refractivity contribution in [3.05, 3.63) is 0 Å². The maximum atomic E-state index is 11.5. The molecule has 0 aromatic heterocycles. The average molecular weight is 243 g/mol. The lowest BCUT2D eigenvalue weighted by Gasteiger charge is -2.21. The van der Waals surface area contributed by atoms with Crippen LogP contribution >= 0.6 is 11.6 Å². The van der Waals surface area contributed by atoms with Crippen LogP contribution < -0.4 is 0 Å². The van der Waals surface area contributed by atoms with E-state index in [1.807, 2.05) is 0 Å². The van der Waals surface area contributed by atoms with Gasteiger partial charge in [0, 0.05) is 33.6 Å². The summed E-state index contributed by atoms with van der Waals surface area (Å²) in [5.74, 6) is 0.643. The summed E-state index contributed by atoms with van der Waals surface area (Å²) in [7, 11) is 1.43. The van der Waals surface area contributed by atoms with Crippen molar-refractivity contribution < 1.29 is 8.42 Å². The third kappa shape index (κ3) is 4.59. The Bertz CT molecular complexity index is 242. The van der Waals surface area contributed by atoms with E-state index in [0.717, 1.165) is 19.3 Å². The molecule has 0 aliphatic rings. The van der Waals surface area contributed by atoms with Gasteiger partial charge < -0.3 is 0 Å². The molecule has 0 aliphatic heterocycles. The third-order valence-corrected chi connectivity index (χ3v) is 4.12. The van der Waals surface area contributed by atoms with Crippen molar-refractivity contribution in [3.8, 4) is 0 Å². The zero-order chi connectivity index (χ0) is 11.2. The van der Waals surface area contributed by atoms with Crippen LogP contribution in [0.2, 0.25) is 0 Å². The first kappa shape index (κ1) is 14.2. The molecule has 4 nitrogen and oxygen atoms in total. The van der Waals surface area contributed by atoms with Crippen LogP contribution in [0.1, 0.15) is 19.3 Å². The van der Waals surface area contributed by atoms with Gasteiger partial charge in [0.2, 0.25) is 0 Å². The fourth-order valence-electron chi connectivity index (χ4n) is 1.000. The van der Waals surface area contributed by atoms with Gasteiger partial charge in [-0.2, -0.15) is 17.0 Å². The van der Waals surface area contributed by atoms with Crippen molar-refractivity contribution in [1.29, 1.82) is 0 Å². The van der Waals surface area contributed by atoms with E-state index in [-0.39, 0.29) is 0 Å². The first-order chi connectivity index (χ1) is 6.42. The molecular formula is C8H19ClN2O2S. The molecule has 0 aromatic rings. The van der Waals surface area contributed by atoms with Crippen molar-refractivity contribution in [1.82, 2.24) is 8.61 Å². The summed E-state index contributed by atoms with van der Waals surface area (Å²) >= 11 is 5.52. The van der Waals surface area contributed by atoms with Gasteiger partial charge in [0.05, 0.1) is 0 Å². The molecule has 0 heterocycles. The normalized spacial score (nSPS) is 12.7. The van der Waals surface area contributed by atoms with Gasteiger partial charge in [0.15, 0.2) is 0 Å². The molecule has 0 atom stereocenters. The second-order valence-corrected chi connectivity index (χ2v) is 5.99. The molecule has 0 unspecified atom stereocenters. The van der Waals surface area contributed by atoms with Gasteiger partial charge >= 0.3 is 0 Å². The van der Waals surface area contributed by atoms with Crippen LogP contribution in [0.3, 0.4) is 0 Å². The number of alkyl halides is 1. The Hall–Kier alpha value is 0.160. The van der Waals surface area contributed by atoms with Crippen molar-refractivity contribution in [3.63, 3.8) is 0 Å². The zero-order valence-corrected chi connectivity index (χ0v) is 10.6. The Balaban J connectivity index is 3.90. The van der Waals surface area contributed by atoms with Crippen LogP contribution in [0.4, 0.5) is 0 Å². The van der Waals surface area contributed by atoms with Gasteiger partial charge in [-0.3, -0.25) is 0 Å². The quantitative estimate of drug-likeness (QED) is 0.496. The van der Waals surface area contributed by atoms with E-state index >= 15 is 0 Å². The van der Waals surface area contributed by atoms with Crippen LogP contribution in [0.15, 0.2) is 0 Å². The highest BCUT2D eigenvalue weighted by molar-refractivity contribution is 7.86. The van der Waals surface area contributed by atoms with E-state index < -0.39 is 10.2 Å². The van der Waals surface area contributed by atoms with Gasteiger partial charge in [-0.25, -0.2) is 0 Å². The van der Waals surface area contributed by atoms with Crippen LogP contribution in [-0.4, -0.2) is 50.6 Å². The summed E-state index contributed by atoms with van der Waals surface area (Å²) in [5.41, 5.74) is 0. The highest BCUT2D eigenvalue weighted by atomic mass is 35.5. The minimum atomic E-state index is -3.23. The predicted octanol–water partition coefficient (Wildman–Crippen LogP) is 1.13. The summed E-state index contributed by atoms with van der Waals surface area (Å²) in [5, 5.41) is 0. The third-order valence-electron chi connectivity index (χ3n) is 1.96. The van der Waals surface area contributed by atoms with Crippen LogP contribution in [0, 0.1) is 0 Å². The van der Waals surface area contributed by atoms with E-state index in [1.165, 1.54) is 22.7 Å². The fourth-order valence-corrected chi connectivity index (χ4v) is 2.11. The molecule has 0 N–H and O–H groups in total. The number of rotatable bonds is 7. The minimum absolute atomic E-state index is 0.553. The molecule has 0 saturated heterocycles. The Morgan fingerprint density at radius 2 is 1.64 bits per heavy atom. The average Bonchev–Trinajstić information content (AvgIpc) is 2.11. The molecule has 0 rings (SSSR count). The minimum Gasteiger partial charge on any atom is -0.195 e. The second-order valence-electron chi connectivity index (χ2n) is 3.36. The largest absolute Gasteiger partial charge is 0.281 e. The van der Waals surface area contributed by atoms with Gasteiger partial charge in [0.1, 0.15) is 0 Å². The summed E-state index contributed by atoms with van der Waals surface area (Å²) < 4.78 is 25.6. The number of nitrogens with zero attached hydrogens (tertiary/aromatic N) is 2. The number of hydrogen-bond donors (Lipinski definition) is 0. The van der Waals surface area contributed by atoms with Gasteiger partial charge in [-0.05, 0) is 12.8 Å². The Kier molecular flexibility index (Phi) is 6.68. The van der Waals surface area contributed by atoms with E-state index in [9.17, 15) is 8.42 Å². The topological polar surface area (TPSA) is 40.6 Å².